The summed E-state index contributed by atoms with van der Waals surface area (Å²) >= 11 is 1.42. The molecule has 4 rings (SSSR count). The standard InChI is InChI=1S/C24H29N3O3S/c1-15-8-16(2)10-20(9-15)30-13-23(28)26-24-25-22(14-31-24)21-11-17(3)27(18(21)4)12-19-6-5-7-29-19/h8-11,14,19H,5-7,12-13H2,1-4H3,(H,25,26,28)/t19-/m0/s1. The largest absolute Gasteiger partial charge is 0.484 e. The molecule has 1 atom stereocenters. The first-order chi connectivity index (χ1) is 14.9. The smallest absolute Gasteiger partial charge is 0.264 e. The second kappa shape index (κ2) is 9.24. The van der Waals surface area contributed by atoms with Gasteiger partial charge in [-0.2, -0.15) is 0 Å². The maximum Gasteiger partial charge on any atom is 0.264 e. The van der Waals surface area contributed by atoms with Gasteiger partial charge in [0.15, 0.2) is 11.7 Å². The van der Waals surface area contributed by atoms with E-state index in [2.05, 4.69) is 40.8 Å². The number of aryl methyl sites for hydroxylation is 3. The summed E-state index contributed by atoms with van der Waals surface area (Å²) in [5.74, 6) is 0.482. The van der Waals surface area contributed by atoms with Gasteiger partial charge in [-0.3, -0.25) is 10.1 Å². The lowest BCUT2D eigenvalue weighted by molar-refractivity contribution is -0.118. The van der Waals surface area contributed by atoms with Gasteiger partial charge in [0.2, 0.25) is 0 Å². The summed E-state index contributed by atoms with van der Waals surface area (Å²) < 4.78 is 13.8. The number of amides is 1. The van der Waals surface area contributed by atoms with Gasteiger partial charge in [-0.15, -0.1) is 11.3 Å². The number of thiazole rings is 1. The minimum Gasteiger partial charge on any atom is -0.484 e. The fourth-order valence-corrected chi connectivity index (χ4v) is 4.84. The van der Waals surface area contributed by atoms with Gasteiger partial charge >= 0.3 is 0 Å². The number of ether oxygens (including phenoxy) is 2. The molecule has 0 aliphatic carbocycles. The van der Waals surface area contributed by atoms with E-state index in [4.69, 9.17) is 9.47 Å². The molecule has 1 N–H and O–H groups in total. The molecular formula is C24H29N3O3S. The quantitative estimate of drug-likeness (QED) is 0.560. The van der Waals surface area contributed by atoms with Gasteiger partial charge in [-0.05, 0) is 69.9 Å². The number of aromatic nitrogens is 2. The number of carbonyl (C=O) groups is 1. The highest BCUT2D eigenvalue weighted by Gasteiger charge is 2.20. The van der Waals surface area contributed by atoms with Crippen molar-refractivity contribution in [2.45, 2.75) is 53.2 Å². The Morgan fingerprint density at radius 3 is 2.71 bits per heavy atom. The number of hydrogen-bond donors (Lipinski definition) is 1. The van der Waals surface area contributed by atoms with Crippen molar-refractivity contribution in [2.75, 3.05) is 18.5 Å². The lowest BCUT2D eigenvalue weighted by atomic mass is 10.1. The Labute approximate surface area is 187 Å². The Balaban J connectivity index is 1.39. The zero-order valence-corrected chi connectivity index (χ0v) is 19.3. The normalized spacial score (nSPS) is 15.9. The third kappa shape index (κ3) is 5.17. The van der Waals surface area contributed by atoms with Crippen molar-refractivity contribution in [2.24, 2.45) is 0 Å². The van der Waals surface area contributed by atoms with E-state index >= 15 is 0 Å². The molecule has 31 heavy (non-hydrogen) atoms. The van der Waals surface area contributed by atoms with Crippen molar-refractivity contribution in [1.29, 1.82) is 0 Å². The number of hydrogen-bond acceptors (Lipinski definition) is 5. The number of benzene rings is 1. The number of carbonyl (C=O) groups excluding carboxylic acids is 1. The number of nitrogens with one attached hydrogen (secondary N) is 1. The Hall–Kier alpha value is -2.64. The first-order valence-corrected chi connectivity index (χ1v) is 11.5. The van der Waals surface area contributed by atoms with Gasteiger partial charge in [-0.25, -0.2) is 4.98 Å². The molecule has 1 aromatic carbocycles. The van der Waals surface area contributed by atoms with Crippen LogP contribution in [0.4, 0.5) is 5.13 Å². The van der Waals surface area contributed by atoms with Crippen LogP contribution in [0.15, 0.2) is 29.6 Å². The summed E-state index contributed by atoms with van der Waals surface area (Å²) in [7, 11) is 0. The second-order valence-electron chi connectivity index (χ2n) is 8.23. The molecule has 2 aromatic heterocycles. The molecule has 0 unspecified atom stereocenters. The molecule has 0 radical (unpaired) electrons. The highest BCUT2D eigenvalue weighted by Crippen LogP contribution is 2.31. The molecule has 1 saturated heterocycles. The summed E-state index contributed by atoms with van der Waals surface area (Å²) in [5.41, 5.74) is 6.56. The molecule has 3 aromatic rings. The van der Waals surface area contributed by atoms with E-state index in [-0.39, 0.29) is 12.5 Å². The van der Waals surface area contributed by atoms with Gasteiger partial charge in [0.1, 0.15) is 5.75 Å². The van der Waals surface area contributed by atoms with Crippen LogP contribution in [0, 0.1) is 27.7 Å². The monoisotopic (exact) mass is 439 g/mol. The molecule has 164 valence electrons. The predicted molar refractivity (Wildman–Crippen MR) is 124 cm³/mol. The van der Waals surface area contributed by atoms with Gasteiger partial charge < -0.3 is 14.0 Å². The van der Waals surface area contributed by atoms with Crippen LogP contribution >= 0.6 is 11.3 Å². The molecule has 1 aliphatic rings. The van der Waals surface area contributed by atoms with E-state index in [1.54, 1.807) is 0 Å². The van der Waals surface area contributed by atoms with Crippen LogP contribution in [-0.4, -0.2) is 34.8 Å². The van der Waals surface area contributed by atoms with E-state index in [1.165, 1.54) is 22.7 Å². The molecule has 1 amide bonds. The second-order valence-corrected chi connectivity index (χ2v) is 9.09. The minimum absolute atomic E-state index is 0.0479. The molecule has 1 fully saturated rings. The van der Waals surface area contributed by atoms with Crippen molar-refractivity contribution >= 4 is 22.4 Å². The van der Waals surface area contributed by atoms with Gasteiger partial charge in [-0.1, -0.05) is 6.07 Å². The van der Waals surface area contributed by atoms with E-state index in [0.717, 1.165) is 48.4 Å². The third-order valence-electron chi connectivity index (χ3n) is 5.58. The molecule has 1 aliphatic heterocycles. The molecule has 7 heteroatoms. The topological polar surface area (TPSA) is 65.4 Å². The van der Waals surface area contributed by atoms with Crippen LogP contribution in [0.1, 0.15) is 35.4 Å². The fourth-order valence-electron chi connectivity index (χ4n) is 4.11. The van der Waals surface area contributed by atoms with Crippen molar-refractivity contribution < 1.29 is 14.3 Å². The minimum atomic E-state index is -0.219. The van der Waals surface area contributed by atoms with Crippen LogP contribution in [0.5, 0.6) is 5.75 Å². The van der Waals surface area contributed by atoms with Crippen LogP contribution in [-0.2, 0) is 16.1 Å². The highest BCUT2D eigenvalue weighted by molar-refractivity contribution is 7.14. The SMILES string of the molecule is Cc1cc(C)cc(OCC(=O)Nc2nc(-c3cc(C)n(C[C@@H]4CCCO4)c3C)cs2)c1. The number of rotatable bonds is 7. The zero-order chi connectivity index (χ0) is 22.0. The molecule has 0 spiro atoms. The molecule has 0 bridgehead atoms. The van der Waals surface area contributed by atoms with Crippen molar-refractivity contribution in [1.82, 2.24) is 9.55 Å². The van der Waals surface area contributed by atoms with Crippen LogP contribution in [0.25, 0.3) is 11.3 Å². The van der Waals surface area contributed by atoms with Gasteiger partial charge in [0, 0.05) is 35.5 Å². The fraction of sp³-hybridized carbons (Fsp3) is 0.417. The van der Waals surface area contributed by atoms with E-state index in [0.29, 0.717) is 17.0 Å². The van der Waals surface area contributed by atoms with Crippen LogP contribution in [0.3, 0.4) is 0 Å². The molecule has 0 saturated carbocycles. The zero-order valence-electron chi connectivity index (χ0n) is 18.5. The maximum absolute atomic E-state index is 12.3. The first kappa shape index (κ1) is 21.6. The van der Waals surface area contributed by atoms with Crippen LogP contribution in [0.2, 0.25) is 0 Å². The lowest BCUT2D eigenvalue weighted by Gasteiger charge is -2.14. The Morgan fingerprint density at radius 2 is 2.00 bits per heavy atom. The summed E-state index contributed by atoms with van der Waals surface area (Å²) in [4.78, 5) is 17.0. The lowest BCUT2D eigenvalue weighted by Crippen LogP contribution is -2.20. The average molecular weight is 440 g/mol. The van der Waals surface area contributed by atoms with E-state index < -0.39 is 0 Å². The predicted octanol–water partition coefficient (Wildman–Crippen LogP) is 5.04. The Bertz CT molecular complexity index is 1060. The first-order valence-electron chi connectivity index (χ1n) is 10.6. The van der Waals surface area contributed by atoms with E-state index in [9.17, 15) is 4.79 Å². The van der Waals surface area contributed by atoms with Crippen LogP contribution < -0.4 is 10.1 Å². The third-order valence-corrected chi connectivity index (χ3v) is 6.33. The summed E-state index contributed by atoms with van der Waals surface area (Å²) in [6.45, 7) is 9.94. The van der Waals surface area contributed by atoms with E-state index in [1.807, 2.05) is 31.4 Å². The van der Waals surface area contributed by atoms with Crippen molar-refractivity contribution in [3.8, 4) is 17.0 Å². The molecule has 6 nitrogen and oxygen atoms in total. The summed E-state index contributed by atoms with van der Waals surface area (Å²) in [6, 6.07) is 8.08. The number of nitrogens with zero attached hydrogens (tertiary/aromatic N) is 2. The number of anilines is 1. The highest BCUT2D eigenvalue weighted by atomic mass is 32.1. The molecular weight excluding hydrogens is 410 g/mol. The average Bonchev–Trinajstić information content (AvgIpc) is 3.44. The Morgan fingerprint density at radius 1 is 1.23 bits per heavy atom. The molecule has 3 heterocycles. The maximum atomic E-state index is 12.3. The summed E-state index contributed by atoms with van der Waals surface area (Å²) in [5, 5.41) is 5.41. The summed E-state index contributed by atoms with van der Waals surface area (Å²) in [6.07, 6.45) is 2.54. The van der Waals surface area contributed by atoms with Gasteiger partial charge in [0.05, 0.1) is 11.8 Å². The van der Waals surface area contributed by atoms with Gasteiger partial charge in [0.25, 0.3) is 5.91 Å². The Kier molecular flexibility index (Phi) is 6.43. The van der Waals surface area contributed by atoms with Crippen molar-refractivity contribution in [3.05, 3.63) is 52.2 Å². The van der Waals surface area contributed by atoms with Crippen molar-refractivity contribution in [3.63, 3.8) is 0 Å².